The van der Waals surface area contributed by atoms with Crippen molar-refractivity contribution in [2.45, 2.75) is 19.1 Å². The van der Waals surface area contributed by atoms with E-state index in [4.69, 9.17) is 4.74 Å². The highest BCUT2D eigenvalue weighted by Crippen LogP contribution is 2.34. The first-order valence-corrected chi connectivity index (χ1v) is 9.32. The molecule has 1 aliphatic rings. The van der Waals surface area contributed by atoms with Crippen molar-refractivity contribution in [3.8, 4) is 16.3 Å². The standard InChI is InChI=1S/C20H15F3N2O2S/c1-11-17(18(26)25-15-10-27-16-5-3-2-4-14(15)16)28-19(24-11)12-6-8-13(9-7-12)20(21,22)23/h2-9,15H,10H2,1H3,(H,25,26)/t15-/m1/s1. The summed E-state index contributed by atoms with van der Waals surface area (Å²) in [7, 11) is 0. The van der Waals surface area contributed by atoms with Gasteiger partial charge in [0.2, 0.25) is 0 Å². The van der Waals surface area contributed by atoms with Crippen LogP contribution in [0.15, 0.2) is 48.5 Å². The van der Waals surface area contributed by atoms with Crippen LogP contribution in [0, 0.1) is 6.92 Å². The fourth-order valence-corrected chi connectivity index (χ4v) is 4.01. The molecule has 3 aromatic rings. The number of fused-ring (bicyclic) bond motifs is 1. The highest BCUT2D eigenvalue weighted by molar-refractivity contribution is 7.17. The van der Waals surface area contributed by atoms with Gasteiger partial charge < -0.3 is 10.1 Å². The van der Waals surface area contributed by atoms with Gasteiger partial charge in [-0.3, -0.25) is 4.79 Å². The molecular formula is C20H15F3N2O2S. The fourth-order valence-electron chi connectivity index (χ4n) is 3.04. The molecule has 1 aliphatic heterocycles. The number of ether oxygens (including phenoxy) is 1. The number of thiazole rings is 1. The lowest BCUT2D eigenvalue weighted by Crippen LogP contribution is -2.29. The molecule has 28 heavy (non-hydrogen) atoms. The molecule has 0 radical (unpaired) electrons. The van der Waals surface area contributed by atoms with Gasteiger partial charge in [0.15, 0.2) is 0 Å². The normalized spacial score (nSPS) is 15.8. The number of aromatic nitrogens is 1. The van der Waals surface area contributed by atoms with Gasteiger partial charge in [-0.25, -0.2) is 4.98 Å². The van der Waals surface area contributed by atoms with Crippen LogP contribution in [0.25, 0.3) is 10.6 Å². The number of hydrogen-bond donors (Lipinski definition) is 1. The topological polar surface area (TPSA) is 51.2 Å². The van der Waals surface area contributed by atoms with E-state index in [-0.39, 0.29) is 11.9 Å². The van der Waals surface area contributed by atoms with Crippen LogP contribution in [0.2, 0.25) is 0 Å². The average Bonchev–Trinajstić information content (AvgIpc) is 3.25. The Morgan fingerprint density at radius 2 is 1.89 bits per heavy atom. The van der Waals surface area contributed by atoms with Crippen molar-refractivity contribution in [2.24, 2.45) is 0 Å². The third kappa shape index (κ3) is 3.47. The third-order valence-electron chi connectivity index (χ3n) is 4.47. The van der Waals surface area contributed by atoms with Gasteiger partial charge in [0.1, 0.15) is 22.2 Å². The molecule has 0 aliphatic carbocycles. The highest BCUT2D eigenvalue weighted by Gasteiger charge is 2.30. The number of rotatable bonds is 3. The van der Waals surface area contributed by atoms with Crippen molar-refractivity contribution >= 4 is 17.2 Å². The van der Waals surface area contributed by atoms with E-state index in [9.17, 15) is 18.0 Å². The fraction of sp³-hybridized carbons (Fsp3) is 0.200. The van der Waals surface area contributed by atoms with Crippen LogP contribution >= 0.6 is 11.3 Å². The molecule has 0 fully saturated rings. The summed E-state index contributed by atoms with van der Waals surface area (Å²) in [5.74, 6) is 0.470. The van der Waals surface area contributed by atoms with Crippen LogP contribution in [-0.2, 0) is 6.18 Å². The highest BCUT2D eigenvalue weighted by atomic mass is 32.1. The van der Waals surface area contributed by atoms with Crippen LogP contribution in [-0.4, -0.2) is 17.5 Å². The predicted molar refractivity (Wildman–Crippen MR) is 99.4 cm³/mol. The summed E-state index contributed by atoms with van der Waals surface area (Å²) < 4.78 is 43.7. The van der Waals surface area contributed by atoms with Crippen LogP contribution in [0.3, 0.4) is 0 Å². The smallest absolute Gasteiger partial charge is 0.416 e. The lowest BCUT2D eigenvalue weighted by atomic mass is 10.1. The number of nitrogens with one attached hydrogen (secondary N) is 1. The molecular weight excluding hydrogens is 389 g/mol. The number of halogens is 3. The largest absolute Gasteiger partial charge is 0.491 e. The minimum Gasteiger partial charge on any atom is -0.491 e. The Bertz CT molecular complexity index is 1030. The molecule has 1 aromatic heterocycles. The summed E-state index contributed by atoms with van der Waals surface area (Å²) in [6.45, 7) is 2.06. The van der Waals surface area contributed by atoms with Crippen LogP contribution < -0.4 is 10.1 Å². The molecule has 4 rings (SSSR count). The second-order valence-electron chi connectivity index (χ2n) is 6.38. The number of carbonyl (C=O) groups is 1. The number of para-hydroxylation sites is 1. The Labute approximate surface area is 163 Å². The Kier molecular flexibility index (Phi) is 4.58. The van der Waals surface area contributed by atoms with Gasteiger partial charge in [0, 0.05) is 11.1 Å². The zero-order valence-electron chi connectivity index (χ0n) is 14.7. The number of carbonyl (C=O) groups excluding carboxylic acids is 1. The summed E-state index contributed by atoms with van der Waals surface area (Å²) >= 11 is 1.15. The Morgan fingerprint density at radius 1 is 1.18 bits per heavy atom. The van der Waals surface area contributed by atoms with Crippen molar-refractivity contribution in [1.29, 1.82) is 0 Å². The van der Waals surface area contributed by atoms with Gasteiger partial charge in [-0.2, -0.15) is 13.2 Å². The molecule has 2 aromatic carbocycles. The zero-order chi connectivity index (χ0) is 19.9. The van der Waals surface area contributed by atoms with Gasteiger partial charge in [0.05, 0.1) is 17.3 Å². The van der Waals surface area contributed by atoms with Crippen molar-refractivity contribution in [3.63, 3.8) is 0 Å². The summed E-state index contributed by atoms with van der Waals surface area (Å²) in [4.78, 5) is 17.5. The predicted octanol–water partition coefficient (Wildman–Crippen LogP) is 5.00. The SMILES string of the molecule is Cc1nc(-c2ccc(C(F)(F)F)cc2)sc1C(=O)N[C@@H]1COc2ccccc21. The van der Waals surface area contributed by atoms with E-state index in [1.54, 1.807) is 6.92 Å². The van der Waals surface area contributed by atoms with Crippen molar-refractivity contribution in [3.05, 3.63) is 70.2 Å². The van der Waals surface area contributed by atoms with Crippen molar-refractivity contribution < 1.29 is 22.7 Å². The first-order valence-electron chi connectivity index (χ1n) is 8.50. The number of aryl methyl sites for hydroxylation is 1. The number of alkyl halides is 3. The Balaban J connectivity index is 1.54. The molecule has 1 amide bonds. The van der Waals surface area contributed by atoms with Crippen LogP contribution in [0.5, 0.6) is 5.75 Å². The van der Waals surface area contributed by atoms with E-state index in [0.29, 0.717) is 27.7 Å². The number of nitrogens with zero attached hydrogens (tertiary/aromatic N) is 1. The zero-order valence-corrected chi connectivity index (χ0v) is 15.5. The molecule has 0 unspecified atom stereocenters. The molecule has 1 N–H and O–H groups in total. The molecule has 144 valence electrons. The monoisotopic (exact) mass is 404 g/mol. The average molecular weight is 404 g/mol. The number of hydrogen-bond acceptors (Lipinski definition) is 4. The summed E-state index contributed by atoms with van der Waals surface area (Å²) in [6.07, 6.45) is -4.39. The Hall–Kier alpha value is -2.87. The second kappa shape index (κ2) is 6.94. The maximum Gasteiger partial charge on any atom is 0.416 e. The molecule has 0 bridgehead atoms. The molecule has 4 nitrogen and oxygen atoms in total. The summed E-state index contributed by atoms with van der Waals surface area (Å²) in [6, 6.07) is 12.0. The minimum absolute atomic E-state index is 0.250. The van der Waals surface area contributed by atoms with Gasteiger partial charge in [-0.1, -0.05) is 30.3 Å². The van der Waals surface area contributed by atoms with Crippen molar-refractivity contribution in [2.75, 3.05) is 6.61 Å². The van der Waals surface area contributed by atoms with E-state index in [1.165, 1.54) is 12.1 Å². The quantitative estimate of drug-likeness (QED) is 0.668. The first-order chi connectivity index (χ1) is 13.3. The summed E-state index contributed by atoms with van der Waals surface area (Å²) in [5, 5.41) is 3.44. The van der Waals surface area contributed by atoms with E-state index in [1.807, 2.05) is 24.3 Å². The maximum absolute atomic E-state index is 12.7. The molecule has 2 heterocycles. The minimum atomic E-state index is -4.39. The lowest BCUT2D eigenvalue weighted by molar-refractivity contribution is -0.137. The lowest BCUT2D eigenvalue weighted by Gasteiger charge is -2.10. The first kappa shape index (κ1) is 18.5. The van der Waals surface area contributed by atoms with E-state index < -0.39 is 11.7 Å². The molecule has 0 saturated carbocycles. The van der Waals surface area contributed by atoms with Gasteiger partial charge in [-0.05, 0) is 25.1 Å². The summed E-state index contributed by atoms with van der Waals surface area (Å²) in [5.41, 5.74) is 1.27. The van der Waals surface area contributed by atoms with Crippen LogP contribution in [0.4, 0.5) is 13.2 Å². The van der Waals surface area contributed by atoms with Crippen molar-refractivity contribution in [1.82, 2.24) is 10.3 Å². The van der Waals surface area contributed by atoms with Gasteiger partial charge in [-0.15, -0.1) is 11.3 Å². The maximum atomic E-state index is 12.7. The third-order valence-corrected chi connectivity index (χ3v) is 5.67. The van der Waals surface area contributed by atoms with E-state index in [0.717, 1.165) is 34.8 Å². The molecule has 1 atom stereocenters. The van der Waals surface area contributed by atoms with E-state index in [2.05, 4.69) is 10.3 Å². The second-order valence-corrected chi connectivity index (χ2v) is 7.38. The van der Waals surface area contributed by atoms with Crippen LogP contribution in [0.1, 0.15) is 32.5 Å². The molecule has 8 heteroatoms. The van der Waals surface area contributed by atoms with E-state index >= 15 is 0 Å². The van der Waals surface area contributed by atoms with Gasteiger partial charge >= 0.3 is 6.18 Å². The van der Waals surface area contributed by atoms with Gasteiger partial charge in [0.25, 0.3) is 5.91 Å². The number of benzene rings is 2. The number of amides is 1. The molecule has 0 spiro atoms. The Morgan fingerprint density at radius 3 is 2.61 bits per heavy atom. The molecule has 0 saturated heterocycles.